The lowest BCUT2D eigenvalue weighted by molar-refractivity contribution is 0.401. The zero-order valence-electron chi connectivity index (χ0n) is 9.61. The van der Waals surface area contributed by atoms with Gasteiger partial charge in [-0.05, 0) is 12.2 Å². The fourth-order valence-corrected chi connectivity index (χ4v) is 2.01. The maximum absolute atomic E-state index is 11.7. The van der Waals surface area contributed by atoms with Crippen LogP contribution in [-0.2, 0) is 0 Å². The molecular formula is C10H10ClN3O3S. The second-order valence-corrected chi connectivity index (χ2v) is 4.15. The zero-order valence-corrected chi connectivity index (χ0v) is 11.2. The fraction of sp³-hybridized carbons (Fsp3) is 0.200. The Bertz CT molecular complexity index is 661. The number of nitrogens with zero attached hydrogens (tertiary/aromatic N) is 1. The fourth-order valence-electron chi connectivity index (χ4n) is 1.55. The van der Waals surface area contributed by atoms with Crippen LogP contribution < -0.4 is 15.2 Å². The lowest BCUT2D eigenvalue weighted by Gasteiger charge is -2.11. The Kier molecular flexibility index (Phi) is 3.44. The minimum atomic E-state index is -0.400. The van der Waals surface area contributed by atoms with Gasteiger partial charge in [0.1, 0.15) is 11.5 Å². The molecule has 1 aromatic heterocycles. The SMILES string of the molecule is COc1cc(-n2c(=O)[nH][nH]c2=S)c(OC)cc1Cl. The van der Waals surface area contributed by atoms with Gasteiger partial charge >= 0.3 is 5.69 Å². The van der Waals surface area contributed by atoms with Crippen molar-refractivity contribution in [2.45, 2.75) is 0 Å². The Balaban J connectivity index is 2.78. The number of aromatic amines is 2. The van der Waals surface area contributed by atoms with Gasteiger partial charge in [0.25, 0.3) is 0 Å². The van der Waals surface area contributed by atoms with Gasteiger partial charge in [0.2, 0.25) is 4.77 Å². The molecule has 96 valence electrons. The maximum Gasteiger partial charge on any atom is 0.347 e. The second kappa shape index (κ2) is 4.87. The molecule has 0 aliphatic heterocycles. The molecule has 2 rings (SSSR count). The molecule has 0 fully saturated rings. The molecule has 2 aromatic rings. The average Bonchev–Trinajstić information content (AvgIpc) is 2.69. The summed E-state index contributed by atoms with van der Waals surface area (Å²) in [7, 11) is 2.96. The standard InChI is InChI=1S/C10H10ClN3O3S/c1-16-7-4-6(8(17-2)3-5(7)11)14-9(15)12-13-10(14)18/h3-4H,1-2H3,(H,12,15)(H,13,18). The summed E-state index contributed by atoms with van der Waals surface area (Å²) in [5.41, 5.74) is 0.0499. The van der Waals surface area contributed by atoms with E-state index in [0.717, 1.165) is 0 Å². The molecule has 0 atom stereocenters. The molecule has 0 radical (unpaired) electrons. The van der Waals surface area contributed by atoms with Gasteiger partial charge in [0.15, 0.2) is 0 Å². The van der Waals surface area contributed by atoms with Crippen molar-refractivity contribution >= 4 is 23.8 Å². The predicted molar refractivity (Wildman–Crippen MR) is 69.7 cm³/mol. The van der Waals surface area contributed by atoms with Crippen LogP contribution in [0, 0.1) is 4.77 Å². The monoisotopic (exact) mass is 287 g/mol. The molecule has 0 bridgehead atoms. The Morgan fingerprint density at radius 2 is 1.89 bits per heavy atom. The summed E-state index contributed by atoms with van der Waals surface area (Å²) >= 11 is 11.0. The van der Waals surface area contributed by atoms with Crippen molar-refractivity contribution in [2.24, 2.45) is 0 Å². The van der Waals surface area contributed by atoms with Crippen LogP contribution in [-0.4, -0.2) is 29.0 Å². The van der Waals surface area contributed by atoms with Crippen molar-refractivity contribution in [3.8, 4) is 17.2 Å². The molecule has 0 aliphatic carbocycles. The van der Waals surface area contributed by atoms with Gasteiger partial charge in [-0.3, -0.25) is 5.10 Å². The lowest BCUT2D eigenvalue weighted by atomic mass is 10.2. The number of hydrogen-bond donors (Lipinski definition) is 2. The summed E-state index contributed by atoms with van der Waals surface area (Å²) in [5.74, 6) is 0.844. The van der Waals surface area contributed by atoms with Crippen LogP contribution >= 0.6 is 23.8 Å². The molecule has 0 amide bonds. The van der Waals surface area contributed by atoms with Crippen LogP contribution in [0.3, 0.4) is 0 Å². The highest BCUT2D eigenvalue weighted by Crippen LogP contribution is 2.34. The first-order valence-electron chi connectivity index (χ1n) is 4.90. The normalized spacial score (nSPS) is 10.4. The molecule has 2 N–H and O–H groups in total. The molecular weight excluding hydrogens is 278 g/mol. The lowest BCUT2D eigenvalue weighted by Crippen LogP contribution is -2.15. The summed E-state index contributed by atoms with van der Waals surface area (Å²) in [6, 6.07) is 3.14. The van der Waals surface area contributed by atoms with Crippen LogP contribution in [0.15, 0.2) is 16.9 Å². The quantitative estimate of drug-likeness (QED) is 0.846. The molecule has 0 unspecified atom stereocenters. The first kappa shape index (κ1) is 12.7. The van der Waals surface area contributed by atoms with Crippen LogP contribution in [0.25, 0.3) is 5.69 Å². The zero-order chi connectivity index (χ0) is 13.3. The first-order chi connectivity index (χ1) is 8.58. The van der Waals surface area contributed by atoms with E-state index >= 15 is 0 Å². The van der Waals surface area contributed by atoms with Gasteiger partial charge in [0.05, 0.1) is 24.9 Å². The molecule has 6 nitrogen and oxygen atoms in total. The van der Waals surface area contributed by atoms with E-state index in [1.54, 1.807) is 12.1 Å². The minimum absolute atomic E-state index is 0.225. The van der Waals surface area contributed by atoms with Gasteiger partial charge < -0.3 is 9.47 Å². The van der Waals surface area contributed by atoms with Gasteiger partial charge in [-0.2, -0.15) is 0 Å². The third-order valence-corrected chi connectivity index (χ3v) is 2.96. The van der Waals surface area contributed by atoms with Crippen LogP contribution in [0.1, 0.15) is 0 Å². The van der Waals surface area contributed by atoms with Gasteiger partial charge in [-0.1, -0.05) is 11.6 Å². The number of ether oxygens (including phenoxy) is 2. The maximum atomic E-state index is 11.7. The summed E-state index contributed by atoms with van der Waals surface area (Å²) in [6.45, 7) is 0. The van der Waals surface area contributed by atoms with Crippen LogP contribution in [0.2, 0.25) is 5.02 Å². The summed E-state index contributed by atoms with van der Waals surface area (Å²) in [4.78, 5) is 11.7. The van der Waals surface area contributed by atoms with E-state index in [2.05, 4.69) is 10.2 Å². The minimum Gasteiger partial charge on any atom is -0.495 e. The van der Waals surface area contributed by atoms with E-state index in [1.807, 2.05) is 0 Å². The predicted octanol–water partition coefficient (Wildman–Crippen LogP) is 1.89. The Hall–Kier alpha value is -1.73. The highest BCUT2D eigenvalue weighted by Gasteiger charge is 2.14. The number of aromatic nitrogens is 3. The highest BCUT2D eigenvalue weighted by atomic mass is 35.5. The van der Waals surface area contributed by atoms with Gasteiger partial charge in [0, 0.05) is 12.1 Å². The average molecular weight is 288 g/mol. The first-order valence-corrected chi connectivity index (χ1v) is 5.68. The molecule has 0 spiro atoms. The molecule has 0 saturated carbocycles. The van der Waals surface area contributed by atoms with E-state index in [1.165, 1.54) is 18.8 Å². The van der Waals surface area contributed by atoms with E-state index in [4.69, 9.17) is 33.3 Å². The number of methoxy groups -OCH3 is 2. The molecule has 18 heavy (non-hydrogen) atoms. The number of hydrogen-bond acceptors (Lipinski definition) is 4. The van der Waals surface area contributed by atoms with Crippen molar-refractivity contribution in [1.82, 2.24) is 14.8 Å². The highest BCUT2D eigenvalue weighted by molar-refractivity contribution is 7.71. The van der Waals surface area contributed by atoms with Crippen molar-refractivity contribution < 1.29 is 9.47 Å². The van der Waals surface area contributed by atoms with Crippen molar-refractivity contribution in [3.63, 3.8) is 0 Å². The molecule has 1 aromatic carbocycles. The molecule has 0 saturated heterocycles. The third kappa shape index (κ3) is 2.02. The van der Waals surface area contributed by atoms with Crippen LogP contribution in [0.5, 0.6) is 11.5 Å². The number of rotatable bonds is 3. The van der Waals surface area contributed by atoms with E-state index in [0.29, 0.717) is 22.2 Å². The number of benzene rings is 1. The summed E-state index contributed by atoms with van der Waals surface area (Å²) in [6.07, 6.45) is 0. The van der Waals surface area contributed by atoms with Gasteiger partial charge in [-0.25, -0.2) is 14.5 Å². The topological polar surface area (TPSA) is 72.0 Å². The molecule has 0 aliphatic rings. The summed E-state index contributed by atoms with van der Waals surface area (Å²) < 4.78 is 11.8. The summed E-state index contributed by atoms with van der Waals surface area (Å²) in [5, 5.41) is 5.32. The molecule has 1 heterocycles. The largest absolute Gasteiger partial charge is 0.495 e. The Morgan fingerprint density at radius 1 is 1.22 bits per heavy atom. The third-order valence-electron chi connectivity index (χ3n) is 2.38. The van der Waals surface area contributed by atoms with E-state index in [9.17, 15) is 4.79 Å². The Morgan fingerprint density at radius 3 is 2.39 bits per heavy atom. The second-order valence-electron chi connectivity index (χ2n) is 3.35. The number of halogens is 1. The van der Waals surface area contributed by atoms with E-state index < -0.39 is 5.69 Å². The number of nitrogens with one attached hydrogen (secondary N) is 2. The van der Waals surface area contributed by atoms with Crippen molar-refractivity contribution in [2.75, 3.05) is 14.2 Å². The van der Waals surface area contributed by atoms with Crippen LogP contribution in [0.4, 0.5) is 0 Å². The smallest absolute Gasteiger partial charge is 0.347 e. The van der Waals surface area contributed by atoms with Gasteiger partial charge in [-0.15, -0.1) is 0 Å². The molecule has 8 heteroatoms. The van der Waals surface area contributed by atoms with Crippen molar-refractivity contribution in [3.05, 3.63) is 32.4 Å². The van der Waals surface area contributed by atoms with E-state index in [-0.39, 0.29) is 4.77 Å². The van der Waals surface area contributed by atoms with Crippen molar-refractivity contribution in [1.29, 1.82) is 0 Å². The number of H-pyrrole nitrogens is 2. The Labute approximate surface area is 112 Å².